The van der Waals surface area contributed by atoms with Gasteiger partial charge in [0.25, 0.3) is 0 Å². The second-order valence-corrected chi connectivity index (χ2v) is 5.46. The van der Waals surface area contributed by atoms with E-state index in [1.165, 1.54) is 11.8 Å². The molecule has 0 N–H and O–H groups in total. The van der Waals surface area contributed by atoms with Crippen LogP contribution in [0.2, 0.25) is 0 Å². The molecule has 1 heterocycles. The zero-order valence-electron chi connectivity index (χ0n) is 11.8. The van der Waals surface area contributed by atoms with Gasteiger partial charge in [0.2, 0.25) is 5.16 Å². The molecule has 0 aliphatic rings. The van der Waals surface area contributed by atoms with Crippen molar-refractivity contribution in [3.8, 4) is 34.9 Å². The second kappa shape index (κ2) is 6.88. The maximum Gasteiger partial charge on any atom is 0.210 e. The summed E-state index contributed by atoms with van der Waals surface area (Å²) in [6.45, 7) is 0. The van der Waals surface area contributed by atoms with Gasteiger partial charge in [-0.05, 0) is 0 Å². The molecular formula is C18H13N3S. The Hall–Kier alpha value is -2.64. The molecule has 106 valence electrons. The lowest BCUT2D eigenvalue weighted by molar-refractivity contribution is 0.851. The van der Waals surface area contributed by atoms with Crippen molar-refractivity contribution in [1.29, 1.82) is 0 Å². The predicted molar refractivity (Wildman–Crippen MR) is 90.3 cm³/mol. The highest BCUT2D eigenvalue weighted by atomic mass is 32.2. The number of nitrogens with zero attached hydrogens (tertiary/aromatic N) is 3. The van der Waals surface area contributed by atoms with E-state index in [1.54, 1.807) is 0 Å². The average Bonchev–Trinajstić information content (AvgIpc) is 2.61. The molecule has 0 saturated heterocycles. The van der Waals surface area contributed by atoms with Crippen molar-refractivity contribution in [2.45, 2.75) is 5.16 Å². The first-order chi connectivity index (χ1) is 10.9. The number of aromatic nitrogens is 3. The van der Waals surface area contributed by atoms with Gasteiger partial charge in [0.15, 0.2) is 0 Å². The van der Waals surface area contributed by atoms with E-state index in [4.69, 9.17) is 6.42 Å². The monoisotopic (exact) mass is 303 g/mol. The van der Waals surface area contributed by atoms with Crippen LogP contribution in [0.25, 0.3) is 22.5 Å². The molecule has 0 atom stereocenters. The van der Waals surface area contributed by atoms with Crippen LogP contribution in [0.3, 0.4) is 0 Å². The summed E-state index contributed by atoms with van der Waals surface area (Å²) in [5.74, 6) is 3.11. The second-order valence-electron chi connectivity index (χ2n) is 4.52. The number of rotatable bonds is 4. The fraction of sp³-hybridized carbons (Fsp3) is 0.0556. The molecule has 0 saturated carbocycles. The summed E-state index contributed by atoms with van der Waals surface area (Å²) in [7, 11) is 0. The highest BCUT2D eigenvalue weighted by Gasteiger charge is 2.13. The smallest absolute Gasteiger partial charge is 0.210 e. The van der Waals surface area contributed by atoms with Gasteiger partial charge in [-0.15, -0.1) is 16.6 Å². The number of hydrogen-bond acceptors (Lipinski definition) is 4. The molecule has 0 radical (unpaired) electrons. The molecular weight excluding hydrogens is 290 g/mol. The molecule has 2 aromatic carbocycles. The van der Waals surface area contributed by atoms with Crippen LogP contribution in [0, 0.1) is 12.3 Å². The molecule has 0 bridgehead atoms. The molecule has 22 heavy (non-hydrogen) atoms. The van der Waals surface area contributed by atoms with E-state index in [1.807, 2.05) is 60.7 Å². The summed E-state index contributed by atoms with van der Waals surface area (Å²) in [5, 5.41) is 9.16. The first kappa shape index (κ1) is 14.3. The van der Waals surface area contributed by atoms with Crippen LogP contribution in [0.15, 0.2) is 65.8 Å². The van der Waals surface area contributed by atoms with Crippen LogP contribution in [0.5, 0.6) is 0 Å². The third kappa shape index (κ3) is 3.16. The van der Waals surface area contributed by atoms with Crippen LogP contribution >= 0.6 is 11.8 Å². The lowest BCUT2D eigenvalue weighted by atomic mass is 10.0. The van der Waals surface area contributed by atoms with E-state index in [0.29, 0.717) is 10.9 Å². The summed E-state index contributed by atoms with van der Waals surface area (Å²) in [5.41, 5.74) is 3.60. The van der Waals surface area contributed by atoms with Crippen molar-refractivity contribution in [2.75, 3.05) is 5.75 Å². The molecule has 3 nitrogen and oxygen atoms in total. The van der Waals surface area contributed by atoms with Crippen molar-refractivity contribution in [3.05, 3.63) is 60.7 Å². The van der Waals surface area contributed by atoms with Crippen LogP contribution in [-0.2, 0) is 0 Å². The summed E-state index contributed by atoms with van der Waals surface area (Å²) in [4.78, 5) is 4.65. The zero-order chi connectivity index (χ0) is 15.2. The van der Waals surface area contributed by atoms with Crippen LogP contribution in [0.1, 0.15) is 0 Å². The number of terminal acetylenes is 1. The van der Waals surface area contributed by atoms with Crippen LogP contribution in [-0.4, -0.2) is 20.9 Å². The third-order valence-corrected chi connectivity index (χ3v) is 3.79. The summed E-state index contributed by atoms with van der Waals surface area (Å²) < 4.78 is 0. The third-order valence-electron chi connectivity index (χ3n) is 3.05. The van der Waals surface area contributed by atoms with Crippen molar-refractivity contribution in [3.63, 3.8) is 0 Å². The molecule has 4 heteroatoms. The molecule has 1 aromatic heterocycles. The van der Waals surface area contributed by atoms with Gasteiger partial charge in [-0.3, -0.25) is 0 Å². The Morgan fingerprint density at radius 2 is 1.41 bits per heavy atom. The molecule has 3 rings (SSSR count). The maximum absolute atomic E-state index is 5.30. The Labute approximate surface area is 133 Å². The molecule has 3 aromatic rings. The van der Waals surface area contributed by atoms with Gasteiger partial charge in [0.05, 0.1) is 5.75 Å². The Balaban J connectivity index is 2.12. The van der Waals surface area contributed by atoms with Gasteiger partial charge in [0, 0.05) is 11.1 Å². The van der Waals surface area contributed by atoms with Gasteiger partial charge in [-0.1, -0.05) is 78.3 Å². The fourth-order valence-electron chi connectivity index (χ4n) is 2.07. The van der Waals surface area contributed by atoms with Gasteiger partial charge >= 0.3 is 0 Å². The summed E-state index contributed by atoms with van der Waals surface area (Å²) in [6.07, 6.45) is 5.30. The van der Waals surface area contributed by atoms with Gasteiger partial charge in [-0.25, -0.2) is 4.98 Å². The number of benzene rings is 2. The zero-order valence-corrected chi connectivity index (χ0v) is 12.6. The van der Waals surface area contributed by atoms with Crippen LogP contribution in [0.4, 0.5) is 0 Å². The van der Waals surface area contributed by atoms with Crippen LogP contribution < -0.4 is 0 Å². The van der Waals surface area contributed by atoms with Crippen molar-refractivity contribution < 1.29 is 0 Å². The minimum atomic E-state index is 0.528. The minimum absolute atomic E-state index is 0.528. The normalized spacial score (nSPS) is 10.1. The van der Waals surface area contributed by atoms with Crippen molar-refractivity contribution in [1.82, 2.24) is 15.2 Å². The summed E-state index contributed by atoms with van der Waals surface area (Å²) >= 11 is 1.41. The maximum atomic E-state index is 5.30. The Morgan fingerprint density at radius 3 is 2.00 bits per heavy atom. The SMILES string of the molecule is C#CCSc1nnc(-c2ccccc2)c(-c2ccccc2)n1. The Kier molecular flexibility index (Phi) is 4.47. The highest BCUT2D eigenvalue weighted by molar-refractivity contribution is 7.99. The molecule has 0 amide bonds. The Bertz CT molecular complexity index is 796. The standard InChI is InChI=1S/C18H13N3S/c1-2-13-22-18-19-16(14-9-5-3-6-10-14)17(20-21-18)15-11-7-4-8-12-15/h1,3-12H,13H2. The predicted octanol–water partition coefficient (Wildman–Crippen LogP) is 3.93. The highest BCUT2D eigenvalue weighted by Crippen LogP contribution is 2.29. The molecule has 0 spiro atoms. The van der Waals surface area contributed by atoms with E-state index >= 15 is 0 Å². The summed E-state index contributed by atoms with van der Waals surface area (Å²) in [6, 6.07) is 19.9. The number of thioether (sulfide) groups is 1. The molecule has 0 aliphatic heterocycles. The molecule has 0 fully saturated rings. The fourth-order valence-corrected chi connectivity index (χ4v) is 2.53. The first-order valence-corrected chi connectivity index (χ1v) is 7.79. The van der Waals surface area contributed by atoms with E-state index in [-0.39, 0.29) is 0 Å². The van der Waals surface area contributed by atoms with Gasteiger partial charge in [0.1, 0.15) is 11.4 Å². The van der Waals surface area contributed by atoms with E-state index in [2.05, 4.69) is 21.1 Å². The van der Waals surface area contributed by atoms with Gasteiger partial charge < -0.3 is 0 Å². The lowest BCUT2D eigenvalue weighted by Gasteiger charge is -2.08. The topological polar surface area (TPSA) is 38.7 Å². The molecule has 0 aliphatic carbocycles. The molecule has 0 unspecified atom stereocenters. The number of hydrogen-bond donors (Lipinski definition) is 0. The van der Waals surface area contributed by atoms with Gasteiger partial charge in [-0.2, -0.15) is 0 Å². The van der Waals surface area contributed by atoms with E-state index in [0.717, 1.165) is 22.5 Å². The van der Waals surface area contributed by atoms with E-state index in [9.17, 15) is 0 Å². The Morgan fingerprint density at radius 1 is 0.818 bits per heavy atom. The minimum Gasteiger partial charge on any atom is -0.219 e. The largest absolute Gasteiger partial charge is 0.219 e. The lowest BCUT2D eigenvalue weighted by Crippen LogP contribution is -1.99. The first-order valence-electron chi connectivity index (χ1n) is 6.80. The van der Waals surface area contributed by atoms with Crippen molar-refractivity contribution in [2.24, 2.45) is 0 Å². The van der Waals surface area contributed by atoms with Crippen molar-refractivity contribution >= 4 is 11.8 Å². The quantitative estimate of drug-likeness (QED) is 0.541. The average molecular weight is 303 g/mol. The van der Waals surface area contributed by atoms with E-state index < -0.39 is 0 Å².